The fourth-order valence-corrected chi connectivity index (χ4v) is 2.75. The fourth-order valence-electron chi connectivity index (χ4n) is 2.00. The lowest BCUT2D eigenvalue weighted by Gasteiger charge is -2.13. The molecule has 2 aromatic rings. The molecule has 2 aromatic heterocycles. The Morgan fingerprint density at radius 3 is 2.95 bits per heavy atom. The SMILES string of the molecule is CCCCn1nc(C)cc(C(N)c2cccs2)c1=O. The summed E-state index contributed by atoms with van der Waals surface area (Å²) in [5, 5.41) is 6.26. The van der Waals surface area contributed by atoms with Crippen molar-refractivity contribution in [1.29, 1.82) is 0 Å². The fraction of sp³-hybridized carbons (Fsp3) is 0.429. The third-order valence-electron chi connectivity index (χ3n) is 3.03. The van der Waals surface area contributed by atoms with Crippen LogP contribution in [-0.4, -0.2) is 9.78 Å². The van der Waals surface area contributed by atoms with E-state index in [9.17, 15) is 4.79 Å². The molecule has 0 radical (unpaired) electrons. The largest absolute Gasteiger partial charge is 0.319 e. The molecule has 0 aliphatic carbocycles. The molecule has 5 heteroatoms. The molecule has 2 N–H and O–H groups in total. The average Bonchev–Trinajstić information content (AvgIpc) is 2.92. The van der Waals surface area contributed by atoms with E-state index in [4.69, 9.17) is 5.73 Å². The van der Waals surface area contributed by atoms with Crippen LogP contribution in [0.2, 0.25) is 0 Å². The molecule has 0 fully saturated rings. The number of unbranched alkanes of at least 4 members (excludes halogenated alkanes) is 1. The second-order valence-corrected chi connectivity index (χ2v) is 5.60. The summed E-state index contributed by atoms with van der Waals surface area (Å²) < 4.78 is 1.54. The summed E-state index contributed by atoms with van der Waals surface area (Å²) in [6.45, 7) is 4.65. The summed E-state index contributed by atoms with van der Waals surface area (Å²) in [4.78, 5) is 13.4. The Morgan fingerprint density at radius 1 is 1.53 bits per heavy atom. The van der Waals surface area contributed by atoms with Crippen LogP contribution >= 0.6 is 11.3 Å². The van der Waals surface area contributed by atoms with Gasteiger partial charge in [-0.05, 0) is 30.9 Å². The van der Waals surface area contributed by atoms with Crippen LogP contribution in [0.15, 0.2) is 28.4 Å². The zero-order chi connectivity index (χ0) is 13.8. The van der Waals surface area contributed by atoms with Gasteiger partial charge in [0.15, 0.2) is 0 Å². The minimum atomic E-state index is -0.359. The Kier molecular flexibility index (Phi) is 4.50. The normalized spacial score (nSPS) is 12.6. The number of aryl methyl sites for hydroxylation is 2. The Morgan fingerprint density at radius 2 is 2.32 bits per heavy atom. The highest BCUT2D eigenvalue weighted by Crippen LogP contribution is 2.21. The molecule has 0 amide bonds. The van der Waals surface area contributed by atoms with Crippen LogP contribution in [0.4, 0.5) is 0 Å². The van der Waals surface area contributed by atoms with Gasteiger partial charge in [-0.15, -0.1) is 11.3 Å². The quantitative estimate of drug-likeness (QED) is 0.913. The van der Waals surface area contributed by atoms with Gasteiger partial charge in [0.25, 0.3) is 5.56 Å². The molecule has 4 nitrogen and oxygen atoms in total. The number of nitrogens with two attached hydrogens (primary N) is 1. The first-order chi connectivity index (χ1) is 9.13. The lowest BCUT2D eigenvalue weighted by Crippen LogP contribution is -2.31. The molecule has 2 heterocycles. The molecule has 0 bridgehead atoms. The highest BCUT2D eigenvalue weighted by molar-refractivity contribution is 7.10. The van der Waals surface area contributed by atoms with Crippen molar-refractivity contribution < 1.29 is 0 Å². The zero-order valence-corrected chi connectivity index (χ0v) is 12.1. The van der Waals surface area contributed by atoms with Crippen molar-refractivity contribution in [3.8, 4) is 0 Å². The van der Waals surface area contributed by atoms with Crippen molar-refractivity contribution >= 4 is 11.3 Å². The monoisotopic (exact) mass is 277 g/mol. The smallest absolute Gasteiger partial charge is 0.271 e. The Balaban J connectivity index is 2.40. The van der Waals surface area contributed by atoms with Gasteiger partial charge in [-0.2, -0.15) is 5.10 Å². The van der Waals surface area contributed by atoms with Crippen LogP contribution in [-0.2, 0) is 6.54 Å². The molecule has 19 heavy (non-hydrogen) atoms. The van der Waals surface area contributed by atoms with Gasteiger partial charge in [-0.1, -0.05) is 19.4 Å². The van der Waals surface area contributed by atoms with Gasteiger partial charge in [-0.3, -0.25) is 4.79 Å². The lowest BCUT2D eigenvalue weighted by atomic mass is 10.1. The molecule has 0 aliphatic rings. The second kappa shape index (κ2) is 6.12. The predicted octanol–water partition coefficient (Wildman–Crippen LogP) is 2.46. The Bertz CT molecular complexity index is 589. The van der Waals surface area contributed by atoms with Gasteiger partial charge in [0.1, 0.15) is 0 Å². The molecular formula is C14H19N3OS. The molecule has 102 valence electrons. The van der Waals surface area contributed by atoms with Gasteiger partial charge in [-0.25, -0.2) is 4.68 Å². The van der Waals surface area contributed by atoms with Crippen molar-refractivity contribution in [2.45, 2.75) is 39.3 Å². The summed E-state index contributed by atoms with van der Waals surface area (Å²) in [5.41, 5.74) is 7.59. The molecule has 0 saturated heterocycles. The number of aromatic nitrogens is 2. The van der Waals surface area contributed by atoms with Crippen molar-refractivity contribution in [3.63, 3.8) is 0 Å². The summed E-state index contributed by atoms with van der Waals surface area (Å²) in [6, 6.07) is 5.35. The minimum absolute atomic E-state index is 0.0695. The van der Waals surface area contributed by atoms with Crippen LogP contribution in [0.5, 0.6) is 0 Å². The molecule has 1 unspecified atom stereocenters. The number of hydrogen-bond acceptors (Lipinski definition) is 4. The maximum absolute atomic E-state index is 12.4. The van der Waals surface area contributed by atoms with Crippen molar-refractivity contribution in [2.24, 2.45) is 5.73 Å². The number of hydrogen-bond donors (Lipinski definition) is 1. The Labute approximate surface area is 116 Å². The third kappa shape index (κ3) is 3.11. The standard InChI is InChI=1S/C14H19N3OS/c1-3-4-7-17-14(18)11(9-10(2)16-17)13(15)12-6-5-8-19-12/h5-6,8-9,13H,3-4,7,15H2,1-2H3. The lowest BCUT2D eigenvalue weighted by molar-refractivity contribution is 0.529. The highest BCUT2D eigenvalue weighted by Gasteiger charge is 2.16. The maximum Gasteiger partial charge on any atom is 0.271 e. The van der Waals surface area contributed by atoms with E-state index in [2.05, 4.69) is 12.0 Å². The number of thiophene rings is 1. The molecule has 0 aliphatic heterocycles. The maximum atomic E-state index is 12.4. The van der Waals surface area contributed by atoms with E-state index in [-0.39, 0.29) is 11.6 Å². The first-order valence-corrected chi connectivity index (χ1v) is 7.39. The van der Waals surface area contributed by atoms with Crippen LogP contribution in [0, 0.1) is 6.92 Å². The van der Waals surface area contributed by atoms with E-state index >= 15 is 0 Å². The van der Waals surface area contributed by atoms with Crippen molar-refractivity contribution in [2.75, 3.05) is 0 Å². The van der Waals surface area contributed by atoms with Gasteiger partial charge in [0.05, 0.1) is 11.7 Å². The van der Waals surface area contributed by atoms with E-state index in [1.807, 2.05) is 24.4 Å². The molecular weight excluding hydrogens is 258 g/mol. The van der Waals surface area contributed by atoms with E-state index in [1.165, 1.54) is 0 Å². The van der Waals surface area contributed by atoms with Gasteiger partial charge < -0.3 is 5.73 Å². The summed E-state index contributed by atoms with van der Waals surface area (Å²) >= 11 is 1.57. The molecule has 1 atom stereocenters. The van der Waals surface area contributed by atoms with Gasteiger partial charge >= 0.3 is 0 Å². The molecule has 0 aromatic carbocycles. The molecule has 2 rings (SSSR count). The number of rotatable bonds is 5. The first-order valence-electron chi connectivity index (χ1n) is 6.51. The highest BCUT2D eigenvalue weighted by atomic mass is 32.1. The summed E-state index contributed by atoms with van der Waals surface area (Å²) in [5.74, 6) is 0. The second-order valence-electron chi connectivity index (χ2n) is 4.62. The Hall–Kier alpha value is -1.46. The van der Waals surface area contributed by atoms with Crippen molar-refractivity contribution in [1.82, 2.24) is 9.78 Å². The van der Waals surface area contributed by atoms with Crippen LogP contribution in [0.25, 0.3) is 0 Å². The molecule has 0 saturated carbocycles. The van der Waals surface area contributed by atoms with Crippen molar-refractivity contribution in [3.05, 3.63) is 50.1 Å². The van der Waals surface area contributed by atoms with Crippen LogP contribution < -0.4 is 11.3 Å². The van der Waals surface area contributed by atoms with Gasteiger partial charge in [0.2, 0.25) is 0 Å². The minimum Gasteiger partial charge on any atom is -0.319 e. The van der Waals surface area contributed by atoms with E-state index in [1.54, 1.807) is 22.1 Å². The first kappa shape index (κ1) is 14.0. The summed E-state index contributed by atoms with van der Waals surface area (Å²) in [7, 11) is 0. The van der Waals surface area contributed by atoms with E-state index < -0.39 is 0 Å². The topological polar surface area (TPSA) is 60.9 Å². The third-order valence-corrected chi connectivity index (χ3v) is 3.99. The molecule has 0 spiro atoms. The van der Waals surface area contributed by atoms with Gasteiger partial charge in [0, 0.05) is 17.0 Å². The predicted molar refractivity (Wildman–Crippen MR) is 78.5 cm³/mol. The van der Waals surface area contributed by atoms with Crippen LogP contribution in [0.3, 0.4) is 0 Å². The van der Waals surface area contributed by atoms with Crippen LogP contribution in [0.1, 0.15) is 41.9 Å². The zero-order valence-electron chi connectivity index (χ0n) is 11.3. The number of nitrogens with zero attached hydrogens (tertiary/aromatic N) is 2. The van der Waals surface area contributed by atoms with E-state index in [0.717, 1.165) is 23.4 Å². The summed E-state index contributed by atoms with van der Waals surface area (Å²) in [6.07, 6.45) is 1.98. The average molecular weight is 277 g/mol. The van der Waals surface area contributed by atoms with E-state index in [0.29, 0.717) is 12.1 Å².